The van der Waals surface area contributed by atoms with Gasteiger partial charge in [-0.2, -0.15) is 0 Å². The first-order valence-electron chi connectivity index (χ1n) is 24.6. The van der Waals surface area contributed by atoms with E-state index in [2.05, 4.69) is 39.8 Å². The Morgan fingerprint density at radius 3 is 1.47 bits per heavy atom. The average Bonchev–Trinajstić information content (AvgIpc) is 3.76. The number of hydrogen-bond acceptors (Lipinski definition) is 9. The Kier molecular flexibility index (Phi) is 29.7. The lowest BCUT2D eigenvalue weighted by atomic mass is 10.0. The van der Waals surface area contributed by atoms with Crippen LogP contribution in [0.4, 0.5) is 0 Å². The number of ether oxygens (including phenoxy) is 2. The third kappa shape index (κ3) is 28.4. The van der Waals surface area contributed by atoms with Crippen molar-refractivity contribution in [2.75, 3.05) is 47.5 Å². The summed E-state index contributed by atoms with van der Waals surface area (Å²) in [6.45, 7) is 8.60. The van der Waals surface area contributed by atoms with Gasteiger partial charge in [-0.05, 0) is 75.6 Å². The van der Waals surface area contributed by atoms with Crippen LogP contribution >= 0.6 is 7.82 Å². The summed E-state index contributed by atoms with van der Waals surface area (Å²) in [4.78, 5) is 35.7. The molecule has 12 heteroatoms. The number of esters is 2. The van der Waals surface area contributed by atoms with E-state index in [-0.39, 0.29) is 26.1 Å². The number of likely N-dealkylation sites (N-methyl/N-ethyl adjacent to an activating group) is 1. The molecule has 11 nitrogen and oxygen atoms in total. The fourth-order valence-electron chi connectivity index (χ4n) is 7.52. The van der Waals surface area contributed by atoms with Crippen molar-refractivity contribution in [3.05, 3.63) is 46.3 Å². The monoisotopic (exact) mass is 895 g/mol. The minimum atomic E-state index is -4.40. The maximum atomic E-state index is 12.8. The van der Waals surface area contributed by atoms with Crippen molar-refractivity contribution in [3.63, 3.8) is 0 Å². The molecule has 358 valence electrons. The number of hydrogen-bond donors (Lipinski definition) is 1. The molecule has 0 spiro atoms. The molecule has 0 aliphatic heterocycles. The molecule has 2 aromatic rings. The predicted octanol–water partition coefficient (Wildman–Crippen LogP) is 13.1. The first kappa shape index (κ1) is 55.7. The Balaban J connectivity index is 1.61. The van der Waals surface area contributed by atoms with E-state index in [1.165, 1.54) is 93.9 Å². The molecule has 62 heavy (non-hydrogen) atoms. The van der Waals surface area contributed by atoms with Gasteiger partial charge in [-0.1, -0.05) is 117 Å². The largest absolute Gasteiger partial charge is 0.472 e. The van der Waals surface area contributed by atoms with E-state index in [1.54, 1.807) is 0 Å². The topological polar surface area (TPSA) is 135 Å². The van der Waals surface area contributed by atoms with Crippen molar-refractivity contribution in [2.24, 2.45) is 0 Å². The van der Waals surface area contributed by atoms with Crippen molar-refractivity contribution in [1.29, 1.82) is 0 Å². The molecule has 0 amide bonds. The lowest BCUT2D eigenvalue weighted by Gasteiger charge is -2.24. The van der Waals surface area contributed by atoms with Crippen LogP contribution in [0.5, 0.6) is 0 Å². The van der Waals surface area contributed by atoms with Crippen molar-refractivity contribution in [1.82, 2.24) is 0 Å². The molecule has 0 saturated carbocycles. The fraction of sp³-hybridized carbons (Fsp3) is 0.800. The van der Waals surface area contributed by atoms with Crippen LogP contribution in [0, 0.1) is 13.8 Å². The lowest BCUT2D eigenvalue weighted by molar-refractivity contribution is -0.870. The minimum Gasteiger partial charge on any atom is -0.466 e. The zero-order valence-corrected chi connectivity index (χ0v) is 41.3. The molecular weight excluding hydrogens is 806 g/mol. The number of furan rings is 2. The van der Waals surface area contributed by atoms with E-state index < -0.39 is 32.5 Å². The van der Waals surface area contributed by atoms with Crippen molar-refractivity contribution in [2.45, 2.75) is 214 Å². The molecule has 0 saturated heterocycles. The standard InChI is InChI=1S/C50H88NO10P/c1-8-10-24-30-44-38-42(3)47(59-44)32-26-20-16-14-12-13-15-17-23-29-35-50(53)61-46(41-58-62(54,55)57-37-36-51(5,6)7)40-56-49(52)34-28-22-19-18-21-27-33-48-43(4)39-45(60-48)31-25-11-9-2/h38-39,46H,8-37,40-41H2,1-7H3/p+1. The number of aryl methyl sites for hydroxylation is 6. The van der Waals surface area contributed by atoms with Crippen molar-refractivity contribution < 1.29 is 50.9 Å². The molecule has 0 aliphatic rings. The predicted molar refractivity (Wildman–Crippen MR) is 249 cm³/mol. The highest BCUT2D eigenvalue weighted by atomic mass is 31.2. The highest BCUT2D eigenvalue weighted by molar-refractivity contribution is 7.47. The second-order valence-corrected chi connectivity index (χ2v) is 20.1. The van der Waals surface area contributed by atoms with Gasteiger partial charge in [0.1, 0.15) is 42.8 Å². The third-order valence-electron chi connectivity index (χ3n) is 11.4. The molecule has 0 radical (unpaired) electrons. The number of rotatable bonds is 40. The Morgan fingerprint density at radius 1 is 0.597 bits per heavy atom. The molecule has 0 bridgehead atoms. The molecule has 0 aromatic carbocycles. The van der Waals surface area contributed by atoms with Gasteiger partial charge in [0.2, 0.25) is 0 Å². The smallest absolute Gasteiger partial charge is 0.466 e. The van der Waals surface area contributed by atoms with E-state index in [0.717, 1.165) is 94.3 Å². The number of carbonyl (C=O) groups is 2. The van der Waals surface area contributed by atoms with Gasteiger partial charge in [0, 0.05) is 38.5 Å². The normalized spacial score (nSPS) is 13.4. The average molecular weight is 895 g/mol. The third-order valence-corrected chi connectivity index (χ3v) is 12.4. The van der Waals surface area contributed by atoms with Crippen LogP contribution in [-0.4, -0.2) is 74.9 Å². The van der Waals surface area contributed by atoms with E-state index in [1.807, 2.05) is 21.1 Å². The molecule has 1 N–H and O–H groups in total. The SMILES string of the molecule is CCCCCc1cc(C)c(CCCCCCCCCCCCC(=O)OC(COC(=O)CCCCCCCCc2oc(CCCCC)cc2C)COP(=O)(O)OCC[N+](C)(C)C)o1. The van der Waals surface area contributed by atoms with Gasteiger partial charge in [0.15, 0.2) is 6.10 Å². The summed E-state index contributed by atoms with van der Waals surface area (Å²) in [5.41, 5.74) is 2.55. The zero-order valence-electron chi connectivity index (χ0n) is 40.4. The van der Waals surface area contributed by atoms with Crippen LogP contribution < -0.4 is 0 Å². The maximum absolute atomic E-state index is 12.8. The number of phosphoric ester groups is 1. The van der Waals surface area contributed by atoms with Gasteiger partial charge < -0.3 is 27.7 Å². The van der Waals surface area contributed by atoms with Gasteiger partial charge in [-0.25, -0.2) is 4.57 Å². The van der Waals surface area contributed by atoms with Crippen LogP contribution in [0.15, 0.2) is 21.0 Å². The van der Waals surface area contributed by atoms with Crippen LogP contribution in [0.2, 0.25) is 0 Å². The van der Waals surface area contributed by atoms with Crippen LogP contribution in [-0.2, 0) is 58.4 Å². The van der Waals surface area contributed by atoms with Gasteiger partial charge in [-0.15, -0.1) is 0 Å². The zero-order chi connectivity index (χ0) is 45.5. The first-order valence-corrected chi connectivity index (χ1v) is 26.1. The van der Waals surface area contributed by atoms with E-state index >= 15 is 0 Å². The van der Waals surface area contributed by atoms with Gasteiger partial charge in [0.25, 0.3) is 0 Å². The molecule has 0 aliphatic carbocycles. The Bertz CT molecular complexity index is 1510. The van der Waals surface area contributed by atoms with Crippen molar-refractivity contribution >= 4 is 19.8 Å². The molecule has 2 heterocycles. The number of quaternary nitrogens is 1. The van der Waals surface area contributed by atoms with Gasteiger partial charge in [-0.3, -0.25) is 18.6 Å². The molecule has 2 aromatic heterocycles. The molecule has 0 fully saturated rings. The second kappa shape index (κ2) is 33.1. The van der Waals surface area contributed by atoms with E-state index in [9.17, 15) is 19.0 Å². The number of nitrogens with zero attached hydrogens (tertiary/aromatic N) is 1. The molecular formula is C50H89NO10P+. The first-order chi connectivity index (χ1) is 29.7. The highest BCUT2D eigenvalue weighted by Crippen LogP contribution is 2.43. The summed E-state index contributed by atoms with van der Waals surface area (Å²) in [6, 6.07) is 4.42. The number of phosphoric acid groups is 1. The van der Waals surface area contributed by atoms with Crippen LogP contribution in [0.25, 0.3) is 0 Å². The molecule has 2 atom stereocenters. The summed E-state index contributed by atoms with van der Waals surface area (Å²) < 4.78 is 46.7. The Labute approximate surface area is 376 Å². The second-order valence-electron chi connectivity index (χ2n) is 18.6. The summed E-state index contributed by atoms with van der Waals surface area (Å²) in [6.07, 6.45) is 27.9. The van der Waals surface area contributed by atoms with Gasteiger partial charge in [0.05, 0.1) is 27.7 Å². The molecule has 2 rings (SSSR count). The summed E-state index contributed by atoms with van der Waals surface area (Å²) in [5.74, 6) is 3.70. The number of carbonyl (C=O) groups excluding carboxylic acids is 2. The highest BCUT2D eigenvalue weighted by Gasteiger charge is 2.27. The lowest BCUT2D eigenvalue weighted by Crippen LogP contribution is -2.37. The quantitative estimate of drug-likeness (QED) is 0.0298. The van der Waals surface area contributed by atoms with E-state index in [4.69, 9.17) is 27.4 Å². The van der Waals surface area contributed by atoms with E-state index in [0.29, 0.717) is 23.9 Å². The summed E-state index contributed by atoms with van der Waals surface area (Å²) >= 11 is 0. The van der Waals surface area contributed by atoms with Crippen molar-refractivity contribution in [3.8, 4) is 0 Å². The van der Waals surface area contributed by atoms with Crippen LogP contribution in [0.1, 0.15) is 202 Å². The van der Waals surface area contributed by atoms with Gasteiger partial charge >= 0.3 is 19.8 Å². The number of unbranched alkanes of at least 4 members (excludes halogenated alkanes) is 18. The minimum absolute atomic E-state index is 0.0205. The maximum Gasteiger partial charge on any atom is 0.472 e. The molecule has 2 unspecified atom stereocenters. The Morgan fingerprint density at radius 2 is 1.02 bits per heavy atom. The van der Waals surface area contributed by atoms with Crippen LogP contribution in [0.3, 0.4) is 0 Å². The summed E-state index contributed by atoms with van der Waals surface area (Å²) in [5, 5.41) is 0. The summed E-state index contributed by atoms with van der Waals surface area (Å²) in [7, 11) is 1.44. The fourth-order valence-corrected chi connectivity index (χ4v) is 8.26. The Hall–Kier alpha value is -2.43.